The molecule has 2 heterocycles. The molecule has 0 saturated carbocycles. The Kier molecular flexibility index (Phi) is 4.52. The molecule has 25 heavy (non-hydrogen) atoms. The van der Waals surface area contributed by atoms with Gasteiger partial charge >= 0.3 is 5.97 Å². The normalized spacial score (nSPS) is 10.8. The molecule has 0 bridgehead atoms. The number of rotatable bonds is 5. The van der Waals surface area contributed by atoms with Crippen LogP contribution in [0.1, 0.15) is 27.3 Å². The zero-order chi connectivity index (χ0) is 18.0. The number of aromatic nitrogens is 2. The van der Waals surface area contributed by atoms with Gasteiger partial charge in [0.05, 0.1) is 5.69 Å². The summed E-state index contributed by atoms with van der Waals surface area (Å²) in [6.07, 6.45) is 1.84. The summed E-state index contributed by atoms with van der Waals surface area (Å²) >= 11 is 0. The maximum Gasteiger partial charge on any atom is 0.323 e. The largest absolute Gasteiger partial charge is 0.480 e. The van der Waals surface area contributed by atoms with Crippen molar-refractivity contribution in [2.75, 3.05) is 6.54 Å². The first-order chi connectivity index (χ1) is 12.0. The lowest BCUT2D eigenvalue weighted by atomic mass is 10.2. The maximum atomic E-state index is 13.1. The van der Waals surface area contributed by atoms with Gasteiger partial charge in [-0.2, -0.15) is 0 Å². The molecule has 0 spiro atoms. The van der Waals surface area contributed by atoms with Gasteiger partial charge in [-0.15, -0.1) is 0 Å². The van der Waals surface area contributed by atoms with Crippen LogP contribution in [0, 0.1) is 13.8 Å². The van der Waals surface area contributed by atoms with Crippen molar-refractivity contribution < 1.29 is 14.7 Å². The molecule has 6 heteroatoms. The third-order valence-corrected chi connectivity index (χ3v) is 3.97. The van der Waals surface area contributed by atoms with Crippen molar-refractivity contribution in [1.82, 2.24) is 14.3 Å². The predicted octanol–water partition coefficient (Wildman–Crippen LogP) is 2.68. The fourth-order valence-corrected chi connectivity index (χ4v) is 2.84. The number of carbonyl (C=O) groups is 2. The number of carboxylic acid groups (broad SMARTS) is 1. The summed E-state index contributed by atoms with van der Waals surface area (Å²) in [6.45, 7) is 3.55. The first-order valence-electron chi connectivity index (χ1n) is 7.96. The Balaban J connectivity index is 2.01. The molecule has 0 atom stereocenters. The number of nitrogens with zero attached hydrogens (tertiary/aromatic N) is 3. The number of carbonyl (C=O) groups excluding carboxylic acids is 1. The van der Waals surface area contributed by atoms with E-state index in [1.165, 1.54) is 4.90 Å². The number of carboxylic acids is 1. The van der Waals surface area contributed by atoms with Crippen molar-refractivity contribution in [3.8, 4) is 0 Å². The Morgan fingerprint density at radius 3 is 2.52 bits per heavy atom. The second-order valence-corrected chi connectivity index (χ2v) is 6.02. The first-order valence-corrected chi connectivity index (χ1v) is 7.96. The van der Waals surface area contributed by atoms with Crippen LogP contribution in [0.5, 0.6) is 0 Å². The molecule has 1 aromatic carbocycles. The molecule has 0 saturated heterocycles. The lowest BCUT2D eigenvalue weighted by molar-refractivity contribution is -0.137. The summed E-state index contributed by atoms with van der Waals surface area (Å²) in [6, 6.07) is 13.1. The van der Waals surface area contributed by atoms with E-state index in [-0.39, 0.29) is 19.0 Å². The van der Waals surface area contributed by atoms with Gasteiger partial charge in [-0.05, 0) is 31.0 Å². The molecule has 0 unspecified atom stereocenters. The van der Waals surface area contributed by atoms with Crippen molar-refractivity contribution in [2.45, 2.75) is 20.4 Å². The number of pyridine rings is 1. The number of imidazole rings is 1. The van der Waals surface area contributed by atoms with Crippen molar-refractivity contribution in [2.24, 2.45) is 0 Å². The minimum absolute atomic E-state index is 0.227. The Bertz CT molecular complexity index is 932. The van der Waals surface area contributed by atoms with E-state index in [0.29, 0.717) is 17.0 Å². The number of hydrogen-bond donors (Lipinski definition) is 1. The average molecular weight is 337 g/mol. The molecule has 0 fully saturated rings. The monoisotopic (exact) mass is 337 g/mol. The lowest BCUT2D eigenvalue weighted by Gasteiger charge is -2.21. The van der Waals surface area contributed by atoms with Gasteiger partial charge in [-0.25, -0.2) is 4.98 Å². The van der Waals surface area contributed by atoms with Gasteiger partial charge in [-0.3, -0.25) is 14.0 Å². The summed E-state index contributed by atoms with van der Waals surface area (Å²) < 4.78 is 1.73. The summed E-state index contributed by atoms with van der Waals surface area (Å²) in [4.78, 5) is 30.1. The molecule has 6 nitrogen and oxygen atoms in total. The molecular weight excluding hydrogens is 318 g/mol. The molecule has 0 aliphatic heterocycles. The number of hydrogen-bond acceptors (Lipinski definition) is 3. The number of aryl methyl sites for hydroxylation is 2. The van der Waals surface area contributed by atoms with Gasteiger partial charge < -0.3 is 10.0 Å². The third-order valence-electron chi connectivity index (χ3n) is 3.97. The average Bonchev–Trinajstić information content (AvgIpc) is 2.89. The number of benzene rings is 1. The number of aliphatic carboxylic acids is 1. The van der Waals surface area contributed by atoms with E-state index in [2.05, 4.69) is 4.98 Å². The van der Waals surface area contributed by atoms with Crippen LogP contribution in [0.15, 0.2) is 48.7 Å². The maximum absolute atomic E-state index is 13.1. The summed E-state index contributed by atoms with van der Waals surface area (Å²) in [7, 11) is 0. The van der Waals surface area contributed by atoms with Crippen LogP contribution < -0.4 is 0 Å². The minimum Gasteiger partial charge on any atom is -0.480 e. The van der Waals surface area contributed by atoms with E-state index in [1.807, 2.05) is 55.6 Å². The number of fused-ring (bicyclic) bond motifs is 1. The van der Waals surface area contributed by atoms with Gasteiger partial charge in [0.1, 0.15) is 17.9 Å². The Morgan fingerprint density at radius 1 is 1.12 bits per heavy atom. The Labute approximate surface area is 145 Å². The summed E-state index contributed by atoms with van der Waals surface area (Å²) in [5.41, 5.74) is 3.52. The van der Waals surface area contributed by atoms with Crippen LogP contribution in [-0.2, 0) is 11.3 Å². The van der Waals surface area contributed by atoms with Crippen LogP contribution in [0.3, 0.4) is 0 Å². The fraction of sp³-hybridized carbons (Fsp3) is 0.211. The van der Waals surface area contributed by atoms with E-state index in [1.54, 1.807) is 11.3 Å². The highest BCUT2D eigenvalue weighted by Crippen LogP contribution is 2.17. The molecule has 3 rings (SSSR count). The van der Waals surface area contributed by atoms with Crippen LogP contribution in [0.25, 0.3) is 5.65 Å². The SMILES string of the molecule is Cc1ccc2nc(C)c(C(=O)N(CC(=O)O)Cc3ccccc3)n2c1. The molecule has 0 radical (unpaired) electrons. The number of amides is 1. The van der Waals surface area contributed by atoms with Crippen LogP contribution >= 0.6 is 0 Å². The predicted molar refractivity (Wildman–Crippen MR) is 93.5 cm³/mol. The lowest BCUT2D eigenvalue weighted by Crippen LogP contribution is -2.36. The van der Waals surface area contributed by atoms with Gasteiger partial charge in [-0.1, -0.05) is 36.4 Å². The fourth-order valence-electron chi connectivity index (χ4n) is 2.84. The standard InChI is InChI=1S/C19H19N3O3/c1-13-8-9-16-20-14(2)18(22(16)10-13)19(25)21(12-17(23)24)11-15-6-4-3-5-7-15/h3-10H,11-12H2,1-2H3,(H,23,24). The minimum atomic E-state index is -1.05. The smallest absolute Gasteiger partial charge is 0.323 e. The first kappa shape index (κ1) is 16.7. The van der Waals surface area contributed by atoms with E-state index >= 15 is 0 Å². The molecule has 2 aromatic heterocycles. The van der Waals surface area contributed by atoms with Crippen LogP contribution in [0.2, 0.25) is 0 Å². The molecule has 1 amide bonds. The zero-order valence-corrected chi connectivity index (χ0v) is 14.1. The van der Waals surface area contributed by atoms with Gasteiger partial charge in [0.2, 0.25) is 0 Å². The zero-order valence-electron chi connectivity index (χ0n) is 14.1. The Morgan fingerprint density at radius 2 is 1.84 bits per heavy atom. The Hall–Kier alpha value is -3.15. The van der Waals surface area contributed by atoms with Crippen LogP contribution in [-0.4, -0.2) is 37.8 Å². The van der Waals surface area contributed by atoms with E-state index in [4.69, 9.17) is 0 Å². The van der Waals surface area contributed by atoms with E-state index < -0.39 is 5.97 Å². The van der Waals surface area contributed by atoms with Gasteiger partial charge in [0.15, 0.2) is 0 Å². The molecular formula is C19H19N3O3. The van der Waals surface area contributed by atoms with E-state index in [0.717, 1.165) is 11.1 Å². The van der Waals surface area contributed by atoms with E-state index in [9.17, 15) is 14.7 Å². The highest BCUT2D eigenvalue weighted by Gasteiger charge is 2.24. The van der Waals surface area contributed by atoms with Gasteiger partial charge in [0, 0.05) is 12.7 Å². The van der Waals surface area contributed by atoms with Gasteiger partial charge in [0.25, 0.3) is 5.91 Å². The van der Waals surface area contributed by atoms with Crippen molar-refractivity contribution in [3.63, 3.8) is 0 Å². The topological polar surface area (TPSA) is 74.9 Å². The molecule has 0 aliphatic rings. The molecule has 3 aromatic rings. The quantitative estimate of drug-likeness (QED) is 0.777. The van der Waals surface area contributed by atoms with Crippen molar-refractivity contribution >= 4 is 17.5 Å². The second kappa shape index (κ2) is 6.76. The van der Waals surface area contributed by atoms with Crippen LogP contribution in [0.4, 0.5) is 0 Å². The second-order valence-electron chi connectivity index (χ2n) is 6.02. The van der Waals surface area contributed by atoms with Crippen molar-refractivity contribution in [1.29, 1.82) is 0 Å². The summed E-state index contributed by atoms with van der Waals surface area (Å²) in [5.74, 6) is -1.39. The third kappa shape index (κ3) is 3.52. The molecule has 1 N–H and O–H groups in total. The highest BCUT2D eigenvalue weighted by molar-refractivity contribution is 5.96. The molecule has 0 aliphatic carbocycles. The highest BCUT2D eigenvalue weighted by atomic mass is 16.4. The summed E-state index contributed by atoms with van der Waals surface area (Å²) in [5, 5.41) is 9.22. The van der Waals surface area contributed by atoms with Crippen molar-refractivity contribution in [3.05, 3.63) is 71.2 Å². The molecule has 128 valence electrons.